The van der Waals surface area contributed by atoms with Crippen LogP contribution in [-0.2, 0) is 16.1 Å². The summed E-state index contributed by atoms with van der Waals surface area (Å²) >= 11 is 6.39. The summed E-state index contributed by atoms with van der Waals surface area (Å²) in [5.41, 5.74) is 2.80. The van der Waals surface area contributed by atoms with Crippen LogP contribution in [0.4, 0.5) is 0 Å². The van der Waals surface area contributed by atoms with E-state index in [0.717, 1.165) is 28.1 Å². The number of ether oxygens (including phenoxy) is 1. The van der Waals surface area contributed by atoms with E-state index in [1.54, 1.807) is 7.11 Å². The molecule has 2 rings (SSSR count). The van der Waals surface area contributed by atoms with E-state index in [1.165, 1.54) is 6.08 Å². The van der Waals surface area contributed by atoms with E-state index in [2.05, 4.69) is 0 Å². The molecular formula is C15H16ClNO3. The Morgan fingerprint density at radius 1 is 1.50 bits per heavy atom. The number of fused-ring (bicyclic) bond motifs is 1. The second-order valence-electron chi connectivity index (χ2n) is 4.54. The van der Waals surface area contributed by atoms with Crippen molar-refractivity contribution in [2.75, 3.05) is 13.7 Å². The van der Waals surface area contributed by atoms with Crippen molar-refractivity contribution in [3.63, 3.8) is 0 Å². The van der Waals surface area contributed by atoms with Crippen LogP contribution in [0.2, 0.25) is 5.15 Å². The summed E-state index contributed by atoms with van der Waals surface area (Å²) in [5, 5.41) is 10.3. The standard InChI is InChI=1S/C15H16ClNO3/c1-10-3-5-13-12(9-10)11(4-6-14(18)19)15(16)17(13)7-8-20-2/h3-6,9H,7-8H2,1-2H3,(H,18,19)/b6-4+. The van der Waals surface area contributed by atoms with Crippen LogP contribution in [0.3, 0.4) is 0 Å². The van der Waals surface area contributed by atoms with Gasteiger partial charge in [-0.25, -0.2) is 4.79 Å². The minimum absolute atomic E-state index is 0.528. The Morgan fingerprint density at radius 3 is 2.90 bits per heavy atom. The molecule has 0 saturated heterocycles. The minimum atomic E-state index is -0.994. The van der Waals surface area contributed by atoms with Crippen molar-refractivity contribution in [1.29, 1.82) is 0 Å². The minimum Gasteiger partial charge on any atom is -0.478 e. The van der Waals surface area contributed by atoms with Gasteiger partial charge in [0.2, 0.25) is 0 Å². The second-order valence-corrected chi connectivity index (χ2v) is 4.90. The Bertz CT molecular complexity index is 673. The maximum Gasteiger partial charge on any atom is 0.328 e. The molecule has 0 aliphatic heterocycles. The number of aryl methyl sites for hydroxylation is 1. The zero-order valence-corrected chi connectivity index (χ0v) is 12.1. The van der Waals surface area contributed by atoms with Gasteiger partial charge in [-0.1, -0.05) is 23.2 Å². The fraction of sp³-hybridized carbons (Fsp3) is 0.267. The Hall–Kier alpha value is -1.78. The van der Waals surface area contributed by atoms with Gasteiger partial charge in [-0.05, 0) is 25.1 Å². The van der Waals surface area contributed by atoms with E-state index in [9.17, 15) is 4.79 Å². The van der Waals surface area contributed by atoms with Crippen LogP contribution in [0.5, 0.6) is 0 Å². The van der Waals surface area contributed by atoms with Crippen LogP contribution in [0, 0.1) is 6.92 Å². The Balaban J connectivity index is 2.62. The van der Waals surface area contributed by atoms with Gasteiger partial charge in [-0.15, -0.1) is 0 Å². The summed E-state index contributed by atoms with van der Waals surface area (Å²) < 4.78 is 7.02. The average molecular weight is 294 g/mol. The highest BCUT2D eigenvalue weighted by Gasteiger charge is 2.14. The lowest BCUT2D eigenvalue weighted by molar-refractivity contribution is -0.131. The fourth-order valence-corrected chi connectivity index (χ4v) is 2.52. The molecule has 5 heteroatoms. The number of carboxylic acid groups (broad SMARTS) is 1. The molecule has 0 atom stereocenters. The van der Waals surface area contributed by atoms with Crippen molar-refractivity contribution in [2.45, 2.75) is 13.5 Å². The first kappa shape index (κ1) is 14.6. The smallest absolute Gasteiger partial charge is 0.328 e. The molecule has 0 fully saturated rings. The van der Waals surface area contributed by atoms with E-state index in [4.69, 9.17) is 21.4 Å². The van der Waals surface area contributed by atoms with Crippen LogP contribution in [0.25, 0.3) is 17.0 Å². The van der Waals surface area contributed by atoms with Gasteiger partial charge in [0.15, 0.2) is 0 Å². The van der Waals surface area contributed by atoms with E-state index >= 15 is 0 Å². The monoisotopic (exact) mass is 293 g/mol. The highest BCUT2D eigenvalue weighted by Crippen LogP contribution is 2.31. The van der Waals surface area contributed by atoms with Gasteiger partial charge < -0.3 is 14.4 Å². The number of hydrogen-bond acceptors (Lipinski definition) is 2. The highest BCUT2D eigenvalue weighted by molar-refractivity contribution is 6.33. The first-order valence-corrected chi connectivity index (χ1v) is 6.60. The topological polar surface area (TPSA) is 51.5 Å². The molecule has 0 spiro atoms. The molecule has 0 radical (unpaired) electrons. The number of nitrogens with zero attached hydrogens (tertiary/aromatic N) is 1. The molecule has 0 amide bonds. The van der Waals surface area contributed by atoms with Gasteiger partial charge in [0, 0.05) is 36.2 Å². The summed E-state index contributed by atoms with van der Waals surface area (Å²) in [4.78, 5) is 10.7. The van der Waals surface area contributed by atoms with Gasteiger partial charge in [-0.3, -0.25) is 0 Å². The number of carboxylic acids is 1. The molecule has 1 heterocycles. The van der Waals surface area contributed by atoms with E-state index in [-0.39, 0.29) is 0 Å². The predicted octanol–water partition coefficient (Wildman–Crippen LogP) is 3.35. The molecule has 1 aromatic heterocycles. The molecule has 0 aliphatic carbocycles. The zero-order valence-electron chi connectivity index (χ0n) is 11.4. The number of aromatic nitrogens is 1. The largest absolute Gasteiger partial charge is 0.478 e. The summed E-state index contributed by atoms with van der Waals surface area (Å²) in [6, 6.07) is 6.00. The first-order chi connectivity index (χ1) is 9.54. The number of methoxy groups -OCH3 is 1. The van der Waals surface area contributed by atoms with Crippen molar-refractivity contribution in [3.8, 4) is 0 Å². The second kappa shape index (κ2) is 6.11. The van der Waals surface area contributed by atoms with Crippen LogP contribution in [-0.4, -0.2) is 29.4 Å². The average Bonchev–Trinajstić information content (AvgIpc) is 2.65. The van der Waals surface area contributed by atoms with Crippen LogP contribution in [0.1, 0.15) is 11.1 Å². The normalized spacial score (nSPS) is 11.6. The van der Waals surface area contributed by atoms with E-state index < -0.39 is 5.97 Å². The maximum absolute atomic E-state index is 10.7. The molecule has 0 unspecified atom stereocenters. The lowest BCUT2D eigenvalue weighted by Gasteiger charge is -2.06. The lowest BCUT2D eigenvalue weighted by atomic mass is 10.1. The summed E-state index contributed by atoms with van der Waals surface area (Å²) in [6.07, 6.45) is 2.64. The van der Waals surface area contributed by atoms with Crippen LogP contribution >= 0.6 is 11.6 Å². The van der Waals surface area contributed by atoms with Crippen molar-refractivity contribution in [1.82, 2.24) is 4.57 Å². The molecule has 0 bridgehead atoms. The maximum atomic E-state index is 10.7. The van der Waals surface area contributed by atoms with Crippen molar-refractivity contribution in [2.24, 2.45) is 0 Å². The number of carbonyl (C=O) groups is 1. The van der Waals surface area contributed by atoms with Crippen molar-refractivity contribution in [3.05, 3.63) is 40.6 Å². The third-order valence-corrected chi connectivity index (χ3v) is 3.51. The predicted molar refractivity (Wildman–Crippen MR) is 80.2 cm³/mol. The SMILES string of the molecule is COCCn1c(Cl)c(/C=C/C(=O)O)c2cc(C)ccc21. The number of hydrogen-bond donors (Lipinski definition) is 1. The molecule has 0 saturated carbocycles. The highest BCUT2D eigenvalue weighted by atomic mass is 35.5. The third kappa shape index (κ3) is 2.86. The van der Waals surface area contributed by atoms with E-state index in [1.807, 2.05) is 29.7 Å². The van der Waals surface area contributed by atoms with Gasteiger partial charge in [0.1, 0.15) is 5.15 Å². The number of halogens is 1. The van der Waals surface area contributed by atoms with Crippen LogP contribution < -0.4 is 0 Å². The number of aliphatic carboxylic acids is 1. The zero-order chi connectivity index (χ0) is 14.7. The van der Waals surface area contributed by atoms with Crippen molar-refractivity contribution >= 4 is 34.5 Å². The molecule has 20 heavy (non-hydrogen) atoms. The molecule has 106 valence electrons. The summed E-state index contributed by atoms with van der Waals surface area (Å²) in [7, 11) is 1.63. The molecule has 1 N–H and O–H groups in total. The number of rotatable bonds is 5. The number of benzene rings is 1. The molecular weight excluding hydrogens is 278 g/mol. The van der Waals surface area contributed by atoms with Gasteiger partial charge in [0.05, 0.1) is 6.61 Å². The molecule has 0 aliphatic rings. The van der Waals surface area contributed by atoms with Crippen molar-refractivity contribution < 1.29 is 14.6 Å². The molecule has 4 nitrogen and oxygen atoms in total. The summed E-state index contributed by atoms with van der Waals surface area (Å²) in [5.74, 6) is -0.994. The molecule has 2 aromatic rings. The Labute approximate surface area is 122 Å². The van der Waals surface area contributed by atoms with Gasteiger partial charge >= 0.3 is 5.97 Å². The molecule has 1 aromatic carbocycles. The summed E-state index contributed by atoms with van der Waals surface area (Å²) in [6.45, 7) is 3.15. The fourth-order valence-electron chi connectivity index (χ4n) is 2.18. The quantitative estimate of drug-likeness (QED) is 0.860. The van der Waals surface area contributed by atoms with Gasteiger partial charge in [-0.2, -0.15) is 0 Å². The third-order valence-electron chi connectivity index (χ3n) is 3.10. The van der Waals surface area contributed by atoms with Gasteiger partial charge in [0.25, 0.3) is 0 Å². The Kier molecular flexibility index (Phi) is 4.47. The Morgan fingerprint density at radius 2 is 2.25 bits per heavy atom. The lowest BCUT2D eigenvalue weighted by Crippen LogP contribution is -2.03. The van der Waals surface area contributed by atoms with Crippen LogP contribution in [0.15, 0.2) is 24.3 Å². The first-order valence-electron chi connectivity index (χ1n) is 6.23. The van der Waals surface area contributed by atoms with E-state index in [0.29, 0.717) is 18.3 Å².